The van der Waals surface area contributed by atoms with Gasteiger partial charge in [0.05, 0.1) is 0 Å². The number of carbonyl (C=O) groups excluding carboxylic acids is 1. The summed E-state index contributed by atoms with van der Waals surface area (Å²) in [5, 5.41) is 6.17. The number of piperazine rings is 1. The van der Waals surface area contributed by atoms with Crippen LogP contribution in [0.2, 0.25) is 0 Å². The molecule has 2 amide bonds. The Labute approximate surface area is 86.0 Å². The first-order chi connectivity index (χ1) is 6.84. The highest BCUT2D eigenvalue weighted by atomic mass is 16.2. The molecule has 2 N–H and O–H groups in total. The first-order valence-corrected chi connectivity index (χ1v) is 5.58. The predicted molar refractivity (Wildman–Crippen MR) is 57.4 cm³/mol. The Morgan fingerprint density at radius 2 is 2.07 bits per heavy atom. The lowest BCUT2D eigenvalue weighted by Crippen LogP contribution is -2.50. The molecule has 1 fully saturated rings. The van der Waals surface area contributed by atoms with Crippen molar-refractivity contribution in [3.05, 3.63) is 0 Å². The van der Waals surface area contributed by atoms with E-state index in [1.165, 1.54) is 12.8 Å². The molecule has 0 aromatic rings. The van der Waals surface area contributed by atoms with Crippen LogP contribution >= 0.6 is 0 Å². The summed E-state index contributed by atoms with van der Waals surface area (Å²) in [6.07, 6.45) is 3.49. The van der Waals surface area contributed by atoms with E-state index in [9.17, 15) is 4.79 Å². The van der Waals surface area contributed by atoms with Gasteiger partial charge in [0.2, 0.25) is 0 Å². The zero-order valence-electron chi connectivity index (χ0n) is 9.01. The van der Waals surface area contributed by atoms with E-state index in [0.29, 0.717) is 0 Å². The van der Waals surface area contributed by atoms with E-state index in [0.717, 1.165) is 39.1 Å². The third-order valence-electron chi connectivity index (χ3n) is 2.46. The minimum Gasteiger partial charge on any atom is -0.338 e. The Kier molecular flexibility index (Phi) is 5.37. The number of rotatable bonds is 4. The zero-order chi connectivity index (χ0) is 10.2. The highest BCUT2D eigenvalue weighted by Gasteiger charge is 2.14. The van der Waals surface area contributed by atoms with E-state index >= 15 is 0 Å². The molecule has 0 aromatic carbocycles. The summed E-state index contributed by atoms with van der Waals surface area (Å²) in [6, 6.07) is 0.0996. The molecular weight excluding hydrogens is 178 g/mol. The maximum atomic E-state index is 11.5. The van der Waals surface area contributed by atoms with Crippen LogP contribution in [0.15, 0.2) is 0 Å². The summed E-state index contributed by atoms with van der Waals surface area (Å²) < 4.78 is 0. The molecule has 0 atom stereocenters. The minimum absolute atomic E-state index is 0.0996. The van der Waals surface area contributed by atoms with Crippen molar-refractivity contribution in [2.75, 3.05) is 32.7 Å². The van der Waals surface area contributed by atoms with Gasteiger partial charge >= 0.3 is 6.03 Å². The van der Waals surface area contributed by atoms with Crippen LogP contribution in [-0.2, 0) is 0 Å². The van der Waals surface area contributed by atoms with Crippen molar-refractivity contribution in [2.45, 2.75) is 26.2 Å². The van der Waals surface area contributed by atoms with Gasteiger partial charge in [0.15, 0.2) is 0 Å². The average Bonchev–Trinajstić information content (AvgIpc) is 2.25. The molecule has 14 heavy (non-hydrogen) atoms. The van der Waals surface area contributed by atoms with Crippen LogP contribution in [0.25, 0.3) is 0 Å². The van der Waals surface area contributed by atoms with Crippen LogP contribution in [0.1, 0.15) is 26.2 Å². The molecule has 0 saturated carbocycles. The van der Waals surface area contributed by atoms with Gasteiger partial charge in [-0.05, 0) is 6.42 Å². The molecule has 0 unspecified atom stereocenters. The van der Waals surface area contributed by atoms with Gasteiger partial charge in [0, 0.05) is 32.7 Å². The lowest BCUT2D eigenvalue weighted by atomic mass is 10.2. The summed E-state index contributed by atoms with van der Waals surface area (Å²) in [5.41, 5.74) is 0. The van der Waals surface area contributed by atoms with Crippen LogP contribution in [0.3, 0.4) is 0 Å². The molecule has 0 aromatic heterocycles. The largest absolute Gasteiger partial charge is 0.338 e. The maximum absolute atomic E-state index is 11.5. The van der Waals surface area contributed by atoms with E-state index in [4.69, 9.17) is 0 Å². The standard InChI is InChI=1S/C10H21N3O/c1-2-3-4-5-12-10(14)13-8-6-11-7-9-13/h11H,2-9H2,1H3,(H,12,14). The predicted octanol–water partition coefficient (Wildman–Crippen LogP) is 0.791. The van der Waals surface area contributed by atoms with Gasteiger partial charge in [0.25, 0.3) is 0 Å². The summed E-state index contributed by atoms with van der Waals surface area (Å²) in [4.78, 5) is 13.4. The Hall–Kier alpha value is -0.770. The molecule has 4 nitrogen and oxygen atoms in total. The quantitative estimate of drug-likeness (QED) is 0.658. The normalized spacial score (nSPS) is 16.8. The van der Waals surface area contributed by atoms with Crippen LogP contribution < -0.4 is 10.6 Å². The first-order valence-electron chi connectivity index (χ1n) is 5.58. The lowest BCUT2D eigenvalue weighted by Gasteiger charge is -2.27. The minimum atomic E-state index is 0.0996. The second-order valence-corrected chi connectivity index (χ2v) is 3.68. The smallest absolute Gasteiger partial charge is 0.317 e. The molecular formula is C10H21N3O. The molecule has 0 spiro atoms. The summed E-state index contributed by atoms with van der Waals surface area (Å²) >= 11 is 0. The average molecular weight is 199 g/mol. The van der Waals surface area contributed by atoms with Gasteiger partial charge in [-0.3, -0.25) is 0 Å². The van der Waals surface area contributed by atoms with Gasteiger partial charge in [-0.1, -0.05) is 19.8 Å². The zero-order valence-corrected chi connectivity index (χ0v) is 9.01. The van der Waals surface area contributed by atoms with Crippen LogP contribution in [0.5, 0.6) is 0 Å². The highest BCUT2D eigenvalue weighted by Crippen LogP contribution is 1.95. The molecule has 1 aliphatic rings. The molecule has 1 rings (SSSR count). The molecule has 1 saturated heterocycles. The Bertz CT molecular complexity index is 167. The van der Waals surface area contributed by atoms with E-state index in [-0.39, 0.29) is 6.03 Å². The van der Waals surface area contributed by atoms with Gasteiger partial charge in [0.1, 0.15) is 0 Å². The number of carbonyl (C=O) groups is 1. The molecule has 4 heteroatoms. The number of hydrogen-bond donors (Lipinski definition) is 2. The van der Waals surface area contributed by atoms with Gasteiger partial charge in [-0.15, -0.1) is 0 Å². The highest BCUT2D eigenvalue weighted by molar-refractivity contribution is 5.74. The lowest BCUT2D eigenvalue weighted by molar-refractivity contribution is 0.190. The fourth-order valence-corrected chi connectivity index (χ4v) is 1.55. The molecule has 0 radical (unpaired) electrons. The van der Waals surface area contributed by atoms with Gasteiger partial charge in [-0.2, -0.15) is 0 Å². The third kappa shape index (κ3) is 3.96. The van der Waals surface area contributed by atoms with Crippen molar-refractivity contribution in [1.29, 1.82) is 0 Å². The first kappa shape index (κ1) is 11.3. The summed E-state index contributed by atoms with van der Waals surface area (Å²) in [7, 11) is 0. The van der Waals surface area contributed by atoms with E-state index in [1.54, 1.807) is 0 Å². The number of amides is 2. The second-order valence-electron chi connectivity index (χ2n) is 3.68. The molecule has 0 aliphatic carbocycles. The third-order valence-corrected chi connectivity index (χ3v) is 2.46. The van der Waals surface area contributed by atoms with Crippen LogP contribution in [0.4, 0.5) is 4.79 Å². The van der Waals surface area contributed by atoms with E-state index in [1.807, 2.05) is 4.90 Å². The second kappa shape index (κ2) is 6.65. The molecule has 0 bridgehead atoms. The maximum Gasteiger partial charge on any atom is 0.317 e. The SMILES string of the molecule is CCCCCNC(=O)N1CCNCC1. The summed E-state index contributed by atoms with van der Waals surface area (Å²) in [6.45, 7) is 6.48. The van der Waals surface area contributed by atoms with Crippen molar-refractivity contribution in [3.63, 3.8) is 0 Å². The Morgan fingerprint density at radius 1 is 1.36 bits per heavy atom. The summed E-state index contributed by atoms with van der Waals surface area (Å²) in [5.74, 6) is 0. The van der Waals surface area contributed by atoms with Crippen molar-refractivity contribution >= 4 is 6.03 Å². The van der Waals surface area contributed by atoms with Gasteiger partial charge < -0.3 is 15.5 Å². The van der Waals surface area contributed by atoms with E-state index in [2.05, 4.69) is 17.6 Å². The Morgan fingerprint density at radius 3 is 2.71 bits per heavy atom. The van der Waals surface area contributed by atoms with E-state index < -0.39 is 0 Å². The monoisotopic (exact) mass is 199 g/mol. The molecule has 1 aliphatic heterocycles. The number of nitrogens with one attached hydrogen (secondary N) is 2. The van der Waals surface area contributed by atoms with Gasteiger partial charge in [-0.25, -0.2) is 4.79 Å². The van der Waals surface area contributed by atoms with Crippen molar-refractivity contribution < 1.29 is 4.79 Å². The van der Waals surface area contributed by atoms with Crippen molar-refractivity contribution in [3.8, 4) is 0 Å². The van der Waals surface area contributed by atoms with Crippen LogP contribution in [0, 0.1) is 0 Å². The number of nitrogens with zero attached hydrogens (tertiary/aromatic N) is 1. The number of hydrogen-bond acceptors (Lipinski definition) is 2. The number of unbranched alkanes of at least 4 members (excludes halogenated alkanes) is 2. The number of urea groups is 1. The topological polar surface area (TPSA) is 44.4 Å². The van der Waals surface area contributed by atoms with Crippen LogP contribution in [-0.4, -0.2) is 43.7 Å². The molecule has 82 valence electrons. The van der Waals surface area contributed by atoms with Crippen molar-refractivity contribution in [1.82, 2.24) is 15.5 Å². The fourth-order valence-electron chi connectivity index (χ4n) is 1.55. The Balaban J connectivity index is 2.07. The fraction of sp³-hybridized carbons (Fsp3) is 0.900. The molecule has 1 heterocycles. The van der Waals surface area contributed by atoms with Crippen molar-refractivity contribution in [2.24, 2.45) is 0 Å².